The molecule has 2 rings (SSSR count). The Labute approximate surface area is 92.4 Å². The summed E-state index contributed by atoms with van der Waals surface area (Å²) in [6.07, 6.45) is 3.56. The maximum Gasteiger partial charge on any atom is 0.239 e. The lowest BCUT2D eigenvalue weighted by Crippen LogP contribution is -2.16. The van der Waals surface area contributed by atoms with Crippen molar-refractivity contribution >= 4 is 11.8 Å². The molecule has 2 unspecified atom stereocenters. The predicted molar refractivity (Wildman–Crippen MR) is 57.4 cm³/mol. The van der Waals surface area contributed by atoms with Gasteiger partial charge in [-0.15, -0.1) is 11.8 Å². The third-order valence-corrected chi connectivity index (χ3v) is 3.80. The highest BCUT2D eigenvalue weighted by atomic mass is 32.2. The van der Waals surface area contributed by atoms with E-state index in [1.807, 2.05) is 11.8 Å². The van der Waals surface area contributed by atoms with Crippen molar-refractivity contribution in [2.45, 2.75) is 30.6 Å². The van der Waals surface area contributed by atoms with Crippen molar-refractivity contribution in [3.05, 3.63) is 11.7 Å². The van der Waals surface area contributed by atoms with Crippen LogP contribution in [0, 0.1) is 0 Å². The Balaban J connectivity index is 2.05. The van der Waals surface area contributed by atoms with E-state index in [2.05, 4.69) is 10.1 Å². The second-order valence-electron chi connectivity index (χ2n) is 3.64. The summed E-state index contributed by atoms with van der Waals surface area (Å²) in [6.45, 7) is -0.156. The number of aliphatic hydroxyl groups is 1. The zero-order valence-electron chi connectivity index (χ0n) is 8.43. The molecule has 1 aliphatic heterocycles. The quantitative estimate of drug-likeness (QED) is 0.805. The average molecular weight is 229 g/mol. The van der Waals surface area contributed by atoms with Crippen LogP contribution < -0.4 is 5.73 Å². The van der Waals surface area contributed by atoms with Gasteiger partial charge in [0.15, 0.2) is 5.82 Å². The molecule has 0 aliphatic carbocycles. The molecule has 5 nitrogen and oxygen atoms in total. The summed E-state index contributed by atoms with van der Waals surface area (Å²) in [4.78, 5) is 4.22. The number of aliphatic hydroxyl groups excluding tert-OH is 1. The van der Waals surface area contributed by atoms with Gasteiger partial charge in [0.05, 0.1) is 17.9 Å². The highest BCUT2D eigenvalue weighted by Crippen LogP contribution is 2.37. The minimum Gasteiger partial charge on any atom is -0.394 e. The third kappa shape index (κ3) is 2.50. The van der Waals surface area contributed by atoms with Crippen LogP contribution in [0.1, 0.15) is 42.3 Å². The lowest BCUT2D eigenvalue weighted by atomic mass is 10.2. The number of rotatable bonds is 3. The molecule has 2 atom stereocenters. The van der Waals surface area contributed by atoms with Crippen LogP contribution in [0.25, 0.3) is 0 Å². The molecule has 2 heterocycles. The Kier molecular flexibility index (Phi) is 3.61. The van der Waals surface area contributed by atoms with Crippen LogP contribution in [0.5, 0.6) is 0 Å². The number of aromatic nitrogens is 2. The molecule has 0 amide bonds. The fraction of sp³-hybridized carbons (Fsp3) is 0.778. The first-order valence-electron chi connectivity index (χ1n) is 5.13. The first-order valence-corrected chi connectivity index (χ1v) is 6.17. The zero-order valence-corrected chi connectivity index (χ0v) is 9.24. The van der Waals surface area contributed by atoms with Gasteiger partial charge in [-0.05, 0) is 18.6 Å². The Bertz CT molecular complexity index is 312. The number of hydrogen-bond acceptors (Lipinski definition) is 6. The van der Waals surface area contributed by atoms with Crippen LogP contribution in [0.3, 0.4) is 0 Å². The summed E-state index contributed by atoms with van der Waals surface area (Å²) in [5, 5.41) is 12.9. The highest BCUT2D eigenvalue weighted by Gasteiger charge is 2.23. The molecule has 0 spiro atoms. The molecular weight excluding hydrogens is 214 g/mol. The number of nitrogens with zero attached hydrogens (tertiary/aromatic N) is 2. The van der Waals surface area contributed by atoms with Crippen LogP contribution in [-0.4, -0.2) is 27.6 Å². The Morgan fingerprint density at radius 1 is 1.60 bits per heavy atom. The van der Waals surface area contributed by atoms with Gasteiger partial charge in [-0.3, -0.25) is 0 Å². The van der Waals surface area contributed by atoms with Crippen LogP contribution >= 0.6 is 11.8 Å². The van der Waals surface area contributed by atoms with E-state index < -0.39 is 6.04 Å². The normalized spacial score (nSPS) is 24.0. The van der Waals surface area contributed by atoms with Gasteiger partial charge in [0, 0.05) is 0 Å². The second-order valence-corrected chi connectivity index (χ2v) is 4.95. The third-order valence-electron chi connectivity index (χ3n) is 2.44. The van der Waals surface area contributed by atoms with Gasteiger partial charge in [0.2, 0.25) is 5.89 Å². The van der Waals surface area contributed by atoms with E-state index in [1.54, 1.807) is 0 Å². The van der Waals surface area contributed by atoms with Crippen molar-refractivity contribution in [2.24, 2.45) is 5.73 Å². The van der Waals surface area contributed by atoms with E-state index >= 15 is 0 Å². The van der Waals surface area contributed by atoms with Crippen molar-refractivity contribution in [1.29, 1.82) is 0 Å². The van der Waals surface area contributed by atoms with E-state index in [-0.39, 0.29) is 6.61 Å². The van der Waals surface area contributed by atoms with E-state index in [1.165, 1.54) is 12.8 Å². The summed E-state index contributed by atoms with van der Waals surface area (Å²) in [6, 6.07) is -0.531. The van der Waals surface area contributed by atoms with Crippen LogP contribution in [0.2, 0.25) is 0 Å². The van der Waals surface area contributed by atoms with Crippen LogP contribution in [0.15, 0.2) is 4.52 Å². The van der Waals surface area contributed by atoms with Crippen molar-refractivity contribution in [2.75, 3.05) is 12.4 Å². The smallest absolute Gasteiger partial charge is 0.239 e. The largest absolute Gasteiger partial charge is 0.394 e. The van der Waals surface area contributed by atoms with Gasteiger partial charge in [-0.25, -0.2) is 0 Å². The minimum atomic E-state index is -0.531. The molecule has 6 heteroatoms. The second kappa shape index (κ2) is 4.96. The first kappa shape index (κ1) is 10.9. The molecule has 1 aliphatic rings. The summed E-state index contributed by atoms with van der Waals surface area (Å²) >= 11 is 1.85. The van der Waals surface area contributed by atoms with Gasteiger partial charge in [-0.2, -0.15) is 4.98 Å². The van der Waals surface area contributed by atoms with Gasteiger partial charge in [0.1, 0.15) is 0 Å². The van der Waals surface area contributed by atoms with Crippen molar-refractivity contribution in [3.8, 4) is 0 Å². The Hall–Kier alpha value is -0.590. The maximum atomic E-state index is 8.86. The fourth-order valence-electron chi connectivity index (χ4n) is 1.55. The molecule has 0 aromatic carbocycles. The summed E-state index contributed by atoms with van der Waals surface area (Å²) in [5.41, 5.74) is 5.60. The van der Waals surface area contributed by atoms with Gasteiger partial charge in [-0.1, -0.05) is 11.6 Å². The van der Waals surface area contributed by atoms with Crippen molar-refractivity contribution in [1.82, 2.24) is 10.1 Å². The molecule has 1 aromatic rings. The standard InChI is InChI=1S/C9H15N3O2S/c10-6(5-13)8-11-9(14-12-8)7-3-1-2-4-15-7/h6-7,13H,1-5,10H2. The molecule has 0 saturated carbocycles. The van der Waals surface area contributed by atoms with E-state index in [9.17, 15) is 0 Å². The average Bonchev–Trinajstić information content (AvgIpc) is 2.78. The molecule has 1 aromatic heterocycles. The number of thioether (sulfide) groups is 1. The van der Waals surface area contributed by atoms with Gasteiger partial charge in [0.25, 0.3) is 0 Å². The molecule has 0 radical (unpaired) electrons. The van der Waals surface area contributed by atoms with Crippen LogP contribution in [0.4, 0.5) is 0 Å². The molecule has 84 valence electrons. The first-order chi connectivity index (χ1) is 7.31. The van der Waals surface area contributed by atoms with E-state index in [4.69, 9.17) is 15.4 Å². The minimum absolute atomic E-state index is 0.156. The lowest BCUT2D eigenvalue weighted by molar-refractivity contribution is 0.259. The van der Waals surface area contributed by atoms with Crippen molar-refractivity contribution < 1.29 is 9.63 Å². The van der Waals surface area contributed by atoms with E-state index in [0.717, 1.165) is 12.2 Å². The zero-order chi connectivity index (χ0) is 10.7. The van der Waals surface area contributed by atoms with E-state index in [0.29, 0.717) is 17.0 Å². The van der Waals surface area contributed by atoms with Gasteiger partial charge < -0.3 is 15.4 Å². The monoisotopic (exact) mass is 229 g/mol. The van der Waals surface area contributed by atoms with Crippen LogP contribution in [-0.2, 0) is 0 Å². The molecule has 15 heavy (non-hydrogen) atoms. The maximum absolute atomic E-state index is 8.86. The molecule has 0 bridgehead atoms. The summed E-state index contributed by atoms with van der Waals surface area (Å²) in [5.74, 6) is 2.20. The highest BCUT2D eigenvalue weighted by molar-refractivity contribution is 7.99. The summed E-state index contributed by atoms with van der Waals surface area (Å²) < 4.78 is 5.15. The topological polar surface area (TPSA) is 85.2 Å². The fourth-order valence-corrected chi connectivity index (χ4v) is 2.77. The summed E-state index contributed by atoms with van der Waals surface area (Å²) in [7, 11) is 0. The lowest BCUT2D eigenvalue weighted by Gasteiger charge is -2.16. The Morgan fingerprint density at radius 2 is 2.47 bits per heavy atom. The SMILES string of the molecule is NC(CO)c1noc(C2CCCCS2)n1. The number of hydrogen-bond donors (Lipinski definition) is 2. The van der Waals surface area contributed by atoms with Crippen molar-refractivity contribution in [3.63, 3.8) is 0 Å². The molecule has 1 saturated heterocycles. The molecular formula is C9H15N3O2S. The number of nitrogens with two attached hydrogens (primary N) is 1. The molecule has 3 N–H and O–H groups in total. The van der Waals surface area contributed by atoms with Gasteiger partial charge >= 0.3 is 0 Å². The predicted octanol–water partition coefficient (Wildman–Crippen LogP) is 1.02. The molecule has 1 fully saturated rings. The Morgan fingerprint density at radius 3 is 3.13 bits per heavy atom.